The van der Waals surface area contributed by atoms with Gasteiger partial charge in [0, 0.05) is 29.3 Å². The number of anilines is 2. The lowest BCUT2D eigenvalue weighted by molar-refractivity contribution is 0.103. The maximum Gasteiger partial charge on any atom is 0.265 e. The molecule has 4 rings (SSSR count). The summed E-state index contributed by atoms with van der Waals surface area (Å²) < 4.78 is 10.6. The van der Waals surface area contributed by atoms with Gasteiger partial charge in [-0.15, -0.1) is 11.3 Å². The van der Waals surface area contributed by atoms with Gasteiger partial charge in [0.1, 0.15) is 5.75 Å². The number of nitrogens with zero attached hydrogens (tertiary/aromatic N) is 1. The van der Waals surface area contributed by atoms with Crippen LogP contribution < -0.4 is 15.0 Å². The van der Waals surface area contributed by atoms with Gasteiger partial charge in [0.2, 0.25) is 0 Å². The predicted molar refractivity (Wildman–Crippen MR) is 114 cm³/mol. The average molecular weight is 394 g/mol. The molecular weight excluding hydrogens is 372 g/mol. The Labute approximate surface area is 168 Å². The average Bonchev–Trinajstić information content (AvgIpc) is 3.25. The van der Waals surface area contributed by atoms with E-state index in [0.717, 1.165) is 53.9 Å². The summed E-state index contributed by atoms with van der Waals surface area (Å²) in [5.41, 5.74) is 3.01. The number of thiophene rings is 1. The maximum atomic E-state index is 12.6. The van der Waals surface area contributed by atoms with Gasteiger partial charge in [-0.3, -0.25) is 4.79 Å². The second kappa shape index (κ2) is 8.46. The zero-order valence-electron chi connectivity index (χ0n) is 15.7. The Hall–Kier alpha value is -2.83. The van der Waals surface area contributed by atoms with Gasteiger partial charge in [-0.2, -0.15) is 0 Å². The topological polar surface area (TPSA) is 50.8 Å². The molecule has 28 heavy (non-hydrogen) atoms. The maximum absolute atomic E-state index is 12.6. The van der Waals surface area contributed by atoms with Gasteiger partial charge in [-0.05, 0) is 66.2 Å². The molecule has 5 nitrogen and oxygen atoms in total. The number of hydrogen-bond acceptors (Lipinski definition) is 5. The number of nitrogens with one attached hydrogen (secondary N) is 1. The molecule has 0 atom stereocenters. The first-order valence-corrected chi connectivity index (χ1v) is 10.0. The minimum absolute atomic E-state index is 0.0936. The van der Waals surface area contributed by atoms with Crippen molar-refractivity contribution in [1.82, 2.24) is 0 Å². The second-order valence-corrected chi connectivity index (χ2v) is 7.58. The van der Waals surface area contributed by atoms with E-state index in [1.54, 1.807) is 7.11 Å². The largest absolute Gasteiger partial charge is 0.497 e. The fraction of sp³-hybridized carbons (Fsp3) is 0.227. The minimum Gasteiger partial charge on any atom is -0.497 e. The fourth-order valence-corrected chi connectivity index (χ4v) is 4.05. The van der Waals surface area contributed by atoms with Gasteiger partial charge in [0.05, 0.1) is 25.2 Å². The summed E-state index contributed by atoms with van der Waals surface area (Å²) in [4.78, 5) is 16.6. The molecule has 1 aliphatic rings. The van der Waals surface area contributed by atoms with Crippen LogP contribution in [0.3, 0.4) is 0 Å². The Morgan fingerprint density at radius 2 is 1.71 bits per heavy atom. The number of benzene rings is 2. The molecule has 2 heterocycles. The van der Waals surface area contributed by atoms with Gasteiger partial charge >= 0.3 is 0 Å². The van der Waals surface area contributed by atoms with Crippen molar-refractivity contribution in [3.8, 4) is 16.2 Å². The SMILES string of the molecule is COc1ccc(-c2ccc(C(=O)Nc3ccc(N4CCOCC4)cc3)s2)cc1. The summed E-state index contributed by atoms with van der Waals surface area (Å²) in [5, 5.41) is 2.98. The molecule has 3 aromatic rings. The van der Waals surface area contributed by atoms with E-state index in [4.69, 9.17) is 9.47 Å². The lowest BCUT2D eigenvalue weighted by Gasteiger charge is -2.28. The van der Waals surface area contributed by atoms with Crippen LogP contribution in [0.25, 0.3) is 10.4 Å². The fourth-order valence-electron chi connectivity index (χ4n) is 3.14. The van der Waals surface area contributed by atoms with Gasteiger partial charge in [-0.25, -0.2) is 0 Å². The van der Waals surface area contributed by atoms with E-state index < -0.39 is 0 Å². The van der Waals surface area contributed by atoms with Crippen molar-refractivity contribution < 1.29 is 14.3 Å². The molecule has 0 saturated carbocycles. The smallest absolute Gasteiger partial charge is 0.265 e. The number of morpholine rings is 1. The Balaban J connectivity index is 1.41. The van der Waals surface area contributed by atoms with Crippen LogP contribution in [0.15, 0.2) is 60.7 Å². The van der Waals surface area contributed by atoms with Crippen LogP contribution in [-0.4, -0.2) is 39.3 Å². The van der Waals surface area contributed by atoms with Crippen molar-refractivity contribution >= 4 is 28.6 Å². The minimum atomic E-state index is -0.0936. The third kappa shape index (κ3) is 4.18. The first kappa shape index (κ1) is 18.5. The molecule has 1 amide bonds. The molecule has 0 radical (unpaired) electrons. The summed E-state index contributed by atoms with van der Waals surface area (Å²) >= 11 is 1.48. The van der Waals surface area contributed by atoms with Crippen LogP contribution >= 0.6 is 11.3 Å². The van der Waals surface area contributed by atoms with Crippen molar-refractivity contribution in [3.63, 3.8) is 0 Å². The number of ether oxygens (including phenoxy) is 2. The summed E-state index contributed by atoms with van der Waals surface area (Å²) in [6.07, 6.45) is 0. The molecule has 0 unspecified atom stereocenters. The molecule has 1 aromatic heterocycles. The standard InChI is InChI=1S/C22H22N2O3S/c1-26-19-8-2-16(3-9-19)20-10-11-21(28-20)22(25)23-17-4-6-18(7-5-17)24-12-14-27-15-13-24/h2-11H,12-15H2,1H3,(H,23,25). The number of carbonyl (C=O) groups is 1. The van der Waals surface area contributed by atoms with Crippen molar-refractivity contribution in [3.05, 3.63) is 65.5 Å². The van der Waals surface area contributed by atoms with Crippen LogP contribution in [-0.2, 0) is 4.74 Å². The molecule has 2 aromatic carbocycles. The molecule has 0 spiro atoms. The van der Waals surface area contributed by atoms with Crippen molar-refractivity contribution in [2.45, 2.75) is 0 Å². The number of rotatable bonds is 5. The quantitative estimate of drug-likeness (QED) is 0.692. The molecular formula is C22H22N2O3S. The Morgan fingerprint density at radius 1 is 1.00 bits per heavy atom. The molecule has 1 aliphatic heterocycles. The second-order valence-electron chi connectivity index (χ2n) is 6.49. The number of carbonyl (C=O) groups excluding carboxylic acids is 1. The molecule has 0 aliphatic carbocycles. The van der Waals surface area contributed by atoms with Crippen molar-refractivity contribution in [2.24, 2.45) is 0 Å². The van der Waals surface area contributed by atoms with Crippen molar-refractivity contribution in [2.75, 3.05) is 43.6 Å². The Bertz CT molecular complexity index is 929. The predicted octanol–water partition coefficient (Wildman–Crippen LogP) is 4.51. The zero-order chi connectivity index (χ0) is 19.3. The summed E-state index contributed by atoms with van der Waals surface area (Å²) in [6.45, 7) is 3.31. The molecule has 1 fully saturated rings. The third-order valence-corrected chi connectivity index (χ3v) is 5.84. The molecule has 0 bridgehead atoms. The Morgan fingerprint density at radius 3 is 2.39 bits per heavy atom. The number of methoxy groups -OCH3 is 1. The van der Waals surface area contributed by atoms with Crippen LogP contribution in [0.5, 0.6) is 5.75 Å². The zero-order valence-corrected chi connectivity index (χ0v) is 16.5. The molecule has 144 valence electrons. The summed E-state index contributed by atoms with van der Waals surface area (Å²) in [6, 6.07) is 19.6. The van der Waals surface area contributed by atoms with E-state index in [0.29, 0.717) is 4.88 Å². The lowest BCUT2D eigenvalue weighted by Crippen LogP contribution is -2.36. The molecule has 1 N–H and O–H groups in total. The van der Waals surface area contributed by atoms with E-state index >= 15 is 0 Å². The number of amides is 1. The van der Waals surface area contributed by atoms with Gasteiger partial charge in [0.25, 0.3) is 5.91 Å². The van der Waals surface area contributed by atoms with Crippen LogP contribution in [0.2, 0.25) is 0 Å². The molecule has 1 saturated heterocycles. The highest BCUT2D eigenvalue weighted by Gasteiger charge is 2.13. The number of hydrogen-bond donors (Lipinski definition) is 1. The van der Waals surface area contributed by atoms with E-state index in [2.05, 4.69) is 10.2 Å². The first-order chi connectivity index (χ1) is 13.7. The highest BCUT2D eigenvalue weighted by molar-refractivity contribution is 7.17. The van der Waals surface area contributed by atoms with Crippen LogP contribution in [0, 0.1) is 0 Å². The van der Waals surface area contributed by atoms with E-state index in [1.807, 2.05) is 60.7 Å². The van der Waals surface area contributed by atoms with Gasteiger partial charge in [0.15, 0.2) is 0 Å². The van der Waals surface area contributed by atoms with Crippen LogP contribution in [0.1, 0.15) is 9.67 Å². The van der Waals surface area contributed by atoms with E-state index in [-0.39, 0.29) is 5.91 Å². The highest BCUT2D eigenvalue weighted by atomic mass is 32.1. The third-order valence-electron chi connectivity index (χ3n) is 4.71. The van der Waals surface area contributed by atoms with Gasteiger partial charge in [-0.1, -0.05) is 0 Å². The summed E-state index contributed by atoms with van der Waals surface area (Å²) in [5.74, 6) is 0.725. The Kier molecular flexibility index (Phi) is 5.60. The van der Waals surface area contributed by atoms with E-state index in [1.165, 1.54) is 11.3 Å². The van der Waals surface area contributed by atoms with E-state index in [9.17, 15) is 4.79 Å². The normalized spacial score (nSPS) is 14.0. The lowest BCUT2D eigenvalue weighted by atomic mass is 10.2. The summed E-state index contributed by atoms with van der Waals surface area (Å²) in [7, 11) is 1.65. The molecule has 6 heteroatoms. The van der Waals surface area contributed by atoms with Gasteiger partial charge < -0.3 is 19.7 Å². The monoisotopic (exact) mass is 394 g/mol. The first-order valence-electron chi connectivity index (χ1n) is 9.21. The highest BCUT2D eigenvalue weighted by Crippen LogP contribution is 2.30. The van der Waals surface area contributed by atoms with Crippen molar-refractivity contribution in [1.29, 1.82) is 0 Å². The van der Waals surface area contributed by atoms with Crippen LogP contribution in [0.4, 0.5) is 11.4 Å².